The summed E-state index contributed by atoms with van der Waals surface area (Å²) in [5.41, 5.74) is 2.20. The third-order valence-electron chi connectivity index (χ3n) is 3.42. The van der Waals surface area contributed by atoms with Gasteiger partial charge in [-0.3, -0.25) is 9.20 Å². The molecule has 0 spiro atoms. The fourth-order valence-corrected chi connectivity index (χ4v) is 2.35. The van der Waals surface area contributed by atoms with Crippen molar-refractivity contribution in [3.8, 4) is 5.75 Å². The van der Waals surface area contributed by atoms with Crippen LogP contribution < -0.4 is 15.6 Å². The monoisotopic (exact) mass is 331 g/mol. The number of fused-ring (bicyclic) bond motifs is 1. The number of pyridine rings is 1. The highest BCUT2D eigenvalue weighted by Gasteiger charge is 2.09. The molecular formula is C17H15F2N3O2. The zero-order chi connectivity index (χ0) is 17.1. The molecule has 7 heteroatoms. The van der Waals surface area contributed by atoms with Crippen LogP contribution in [0.25, 0.3) is 5.65 Å². The minimum absolute atomic E-state index is 0.0423. The first-order valence-corrected chi connectivity index (χ1v) is 7.29. The first-order valence-electron chi connectivity index (χ1n) is 7.29. The molecule has 0 aliphatic heterocycles. The Balaban J connectivity index is 1.84. The maximum atomic E-state index is 12.4. The van der Waals surface area contributed by atoms with Crippen molar-refractivity contribution in [2.45, 2.75) is 20.1 Å². The number of halogens is 2. The van der Waals surface area contributed by atoms with Crippen molar-refractivity contribution in [2.24, 2.45) is 0 Å². The molecule has 0 aliphatic carbocycles. The number of aryl methyl sites for hydroxylation is 1. The van der Waals surface area contributed by atoms with Crippen LogP contribution in [0, 0.1) is 6.92 Å². The van der Waals surface area contributed by atoms with Gasteiger partial charge in [-0.25, -0.2) is 4.98 Å². The van der Waals surface area contributed by atoms with Crippen molar-refractivity contribution < 1.29 is 13.5 Å². The van der Waals surface area contributed by atoms with Gasteiger partial charge in [-0.05, 0) is 30.7 Å². The van der Waals surface area contributed by atoms with Gasteiger partial charge in [0.15, 0.2) is 0 Å². The summed E-state index contributed by atoms with van der Waals surface area (Å²) in [6.45, 7) is -0.801. The molecular weight excluding hydrogens is 316 g/mol. The number of rotatable bonds is 5. The lowest BCUT2D eigenvalue weighted by Crippen LogP contribution is -2.17. The van der Waals surface area contributed by atoms with Crippen molar-refractivity contribution in [3.63, 3.8) is 0 Å². The summed E-state index contributed by atoms with van der Waals surface area (Å²) in [6.07, 6.45) is 1.72. The van der Waals surface area contributed by atoms with Crippen LogP contribution in [0.15, 0.2) is 53.5 Å². The number of hydrogen-bond acceptors (Lipinski definition) is 4. The Morgan fingerprint density at radius 3 is 2.83 bits per heavy atom. The van der Waals surface area contributed by atoms with Crippen LogP contribution in [0.5, 0.6) is 5.75 Å². The summed E-state index contributed by atoms with van der Waals surface area (Å²) in [4.78, 5) is 16.5. The third-order valence-corrected chi connectivity index (χ3v) is 3.42. The van der Waals surface area contributed by atoms with Gasteiger partial charge in [-0.15, -0.1) is 0 Å². The SMILES string of the molecule is Cc1ccc2nc(CNc3ccccc3OC(F)F)cc(=O)n2c1. The van der Waals surface area contributed by atoms with E-state index < -0.39 is 6.61 Å². The molecule has 0 saturated heterocycles. The first kappa shape index (κ1) is 15.9. The maximum Gasteiger partial charge on any atom is 0.387 e. The number of hydrogen-bond donors (Lipinski definition) is 1. The molecule has 5 nitrogen and oxygen atoms in total. The van der Waals surface area contributed by atoms with Gasteiger partial charge in [0.2, 0.25) is 0 Å². The molecule has 3 aromatic rings. The van der Waals surface area contributed by atoms with E-state index in [2.05, 4.69) is 15.0 Å². The molecule has 2 aromatic heterocycles. The van der Waals surface area contributed by atoms with E-state index in [-0.39, 0.29) is 17.9 Å². The largest absolute Gasteiger partial charge is 0.433 e. The van der Waals surface area contributed by atoms with E-state index in [0.29, 0.717) is 17.0 Å². The topological polar surface area (TPSA) is 55.6 Å². The Labute approximate surface area is 136 Å². The number of anilines is 1. The summed E-state index contributed by atoms with van der Waals surface area (Å²) in [5, 5.41) is 2.97. The van der Waals surface area contributed by atoms with E-state index in [1.165, 1.54) is 16.5 Å². The average molecular weight is 331 g/mol. The Morgan fingerprint density at radius 2 is 2.04 bits per heavy atom. The second kappa shape index (κ2) is 6.66. The number of aromatic nitrogens is 2. The van der Waals surface area contributed by atoms with E-state index in [9.17, 15) is 13.6 Å². The molecule has 124 valence electrons. The number of para-hydroxylation sites is 2. The van der Waals surface area contributed by atoms with E-state index in [1.54, 1.807) is 30.5 Å². The van der Waals surface area contributed by atoms with E-state index in [0.717, 1.165) is 5.56 Å². The van der Waals surface area contributed by atoms with Gasteiger partial charge < -0.3 is 10.1 Å². The van der Waals surface area contributed by atoms with E-state index in [4.69, 9.17) is 0 Å². The van der Waals surface area contributed by atoms with Crippen LogP contribution in [-0.4, -0.2) is 16.0 Å². The second-order valence-corrected chi connectivity index (χ2v) is 5.25. The Bertz CT molecular complexity index is 925. The van der Waals surface area contributed by atoms with Crippen LogP contribution in [0.1, 0.15) is 11.3 Å². The molecule has 0 atom stereocenters. The molecule has 1 N–H and O–H groups in total. The normalized spacial score (nSPS) is 11.0. The van der Waals surface area contributed by atoms with Crippen LogP contribution in [-0.2, 0) is 6.54 Å². The van der Waals surface area contributed by atoms with Crippen LogP contribution in [0.3, 0.4) is 0 Å². The van der Waals surface area contributed by atoms with Gasteiger partial charge in [0.05, 0.1) is 17.9 Å². The molecule has 0 radical (unpaired) electrons. The highest BCUT2D eigenvalue weighted by molar-refractivity contribution is 5.56. The quantitative estimate of drug-likeness (QED) is 0.780. The molecule has 0 amide bonds. The van der Waals surface area contributed by atoms with Crippen molar-refractivity contribution >= 4 is 11.3 Å². The van der Waals surface area contributed by atoms with E-state index in [1.807, 2.05) is 13.0 Å². The highest BCUT2D eigenvalue weighted by atomic mass is 19.3. The summed E-state index contributed by atoms with van der Waals surface area (Å²) in [5.74, 6) is 0.0423. The van der Waals surface area contributed by atoms with Gasteiger partial charge in [0.25, 0.3) is 5.56 Å². The fraction of sp³-hybridized carbons (Fsp3) is 0.176. The lowest BCUT2D eigenvalue weighted by Gasteiger charge is -2.12. The fourth-order valence-electron chi connectivity index (χ4n) is 2.35. The molecule has 24 heavy (non-hydrogen) atoms. The van der Waals surface area contributed by atoms with E-state index >= 15 is 0 Å². The molecule has 0 bridgehead atoms. The van der Waals surface area contributed by atoms with Crippen LogP contribution in [0.2, 0.25) is 0 Å². The Morgan fingerprint density at radius 1 is 1.25 bits per heavy atom. The number of nitrogens with one attached hydrogen (secondary N) is 1. The third kappa shape index (κ3) is 3.51. The maximum absolute atomic E-state index is 12.4. The smallest absolute Gasteiger partial charge is 0.387 e. The predicted molar refractivity (Wildman–Crippen MR) is 86.6 cm³/mol. The lowest BCUT2D eigenvalue weighted by molar-refractivity contribution is -0.0493. The minimum Gasteiger partial charge on any atom is -0.433 e. The summed E-state index contributed by atoms with van der Waals surface area (Å²) >= 11 is 0. The molecule has 0 aliphatic rings. The van der Waals surface area contributed by atoms with Gasteiger partial charge in [0.1, 0.15) is 11.4 Å². The zero-order valence-electron chi connectivity index (χ0n) is 12.9. The first-order chi connectivity index (χ1) is 11.5. The molecule has 2 heterocycles. The van der Waals surface area contributed by atoms with Crippen LogP contribution >= 0.6 is 0 Å². The molecule has 0 saturated carbocycles. The second-order valence-electron chi connectivity index (χ2n) is 5.25. The lowest BCUT2D eigenvalue weighted by atomic mass is 10.2. The van der Waals surface area contributed by atoms with Gasteiger partial charge in [-0.1, -0.05) is 18.2 Å². The Hall–Kier alpha value is -2.96. The molecule has 1 aromatic carbocycles. The summed E-state index contributed by atoms with van der Waals surface area (Å²) in [6, 6.07) is 11.4. The van der Waals surface area contributed by atoms with Crippen molar-refractivity contribution in [3.05, 3.63) is 70.3 Å². The highest BCUT2D eigenvalue weighted by Crippen LogP contribution is 2.25. The average Bonchev–Trinajstić information content (AvgIpc) is 2.54. The van der Waals surface area contributed by atoms with Gasteiger partial charge in [0, 0.05) is 12.3 Å². The summed E-state index contributed by atoms with van der Waals surface area (Å²) < 4.78 is 30.8. The molecule has 3 rings (SSSR count). The van der Waals surface area contributed by atoms with Gasteiger partial charge in [-0.2, -0.15) is 8.78 Å². The molecule has 0 fully saturated rings. The summed E-state index contributed by atoms with van der Waals surface area (Å²) in [7, 11) is 0. The zero-order valence-corrected chi connectivity index (χ0v) is 12.9. The predicted octanol–water partition coefficient (Wildman–Crippen LogP) is 3.22. The Kier molecular flexibility index (Phi) is 4.41. The number of alkyl halides is 2. The van der Waals surface area contributed by atoms with Crippen LogP contribution in [0.4, 0.5) is 14.5 Å². The van der Waals surface area contributed by atoms with Crippen molar-refractivity contribution in [1.29, 1.82) is 0 Å². The van der Waals surface area contributed by atoms with Gasteiger partial charge >= 0.3 is 6.61 Å². The van der Waals surface area contributed by atoms with Crippen molar-refractivity contribution in [1.82, 2.24) is 9.38 Å². The number of benzene rings is 1. The number of nitrogens with zero attached hydrogens (tertiary/aromatic N) is 2. The minimum atomic E-state index is -2.90. The number of ether oxygens (including phenoxy) is 1. The van der Waals surface area contributed by atoms with Crippen molar-refractivity contribution in [2.75, 3.05) is 5.32 Å². The molecule has 0 unspecified atom stereocenters. The standard InChI is InChI=1S/C17H15F2N3O2/c1-11-6-7-15-21-12(8-16(23)22(15)10-11)9-20-13-4-2-3-5-14(13)24-17(18)19/h2-8,10,17,20H,9H2,1H3.